The lowest BCUT2D eigenvalue weighted by molar-refractivity contribution is -0.140. The van der Waals surface area contributed by atoms with Crippen molar-refractivity contribution in [3.63, 3.8) is 0 Å². The standard InChI is InChI=1S/C15H28N2O3/c1-5-10(3)13(14(18)19)17-15(20)16-12-7-6-9(2)8-11(12)4/h9-13H,5-8H2,1-4H3,(H,18,19)(H2,16,17,20). The van der Waals surface area contributed by atoms with Crippen molar-refractivity contribution >= 4 is 12.0 Å². The third kappa shape index (κ3) is 4.69. The van der Waals surface area contributed by atoms with Crippen LogP contribution in [0.5, 0.6) is 0 Å². The first-order chi connectivity index (χ1) is 9.35. The molecule has 1 aliphatic rings. The molecule has 5 heteroatoms. The minimum atomic E-state index is -0.972. The Hall–Kier alpha value is -1.26. The third-order valence-corrected chi connectivity index (χ3v) is 4.51. The normalized spacial score (nSPS) is 29.3. The predicted molar refractivity (Wildman–Crippen MR) is 78.5 cm³/mol. The van der Waals surface area contributed by atoms with Crippen LogP contribution in [0.2, 0.25) is 0 Å². The van der Waals surface area contributed by atoms with Crippen molar-refractivity contribution in [3.8, 4) is 0 Å². The zero-order valence-electron chi connectivity index (χ0n) is 13.0. The van der Waals surface area contributed by atoms with E-state index in [2.05, 4.69) is 24.5 Å². The molecule has 5 atom stereocenters. The lowest BCUT2D eigenvalue weighted by atomic mass is 9.80. The van der Waals surface area contributed by atoms with Gasteiger partial charge in [-0.3, -0.25) is 0 Å². The van der Waals surface area contributed by atoms with Crippen LogP contribution < -0.4 is 10.6 Å². The van der Waals surface area contributed by atoms with Crippen LogP contribution in [0, 0.1) is 17.8 Å². The maximum absolute atomic E-state index is 12.0. The van der Waals surface area contributed by atoms with E-state index >= 15 is 0 Å². The Balaban J connectivity index is 2.51. The zero-order chi connectivity index (χ0) is 15.3. The number of carboxylic acid groups (broad SMARTS) is 1. The van der Waals surface area contributed by atoms with Gasteiger partial charge >= 0.3 is 12.0 Å². The molecular formula is C15H28N2O3. The van der Waals surface area contributed by atoms with Crippen LogP contribution in [-0.4, -0.2) is 29.2 Å². The Kier molecular flexibility index (Phi) is 6.30. The summed E-state index contributed by atoms with van der Waals surface area (Å²) in [6, 6.07) is -1.03. The van der Waals surface area contributed by atoms with E-state index in [1.807, 2.05) is 13.8 Å². The molecule has 20 heavy (non-hydrogen) atoms. The van der Waals surface area contributed by atoms with Crippen molar-refractivity contribution < 1.29 is 14.7 Å². The van der Waals surface area contributed by atoms with Crippen molar-refractivity contribution in [2.45, 2.75) is 65.5 Å². The van der Waals surface area contributed by atoms with Gasteiger partial charge in [-0.1, -0.05) is 34.1 Å². The Labute approximate surface area is 121 Å². The molecule has 1 rings (SSSR count). The van der Waals surface area contributed by atoms with E-state index in [1.54, 1.807) is 0 Å². The molecule has 116 valence electrons. The first-order valence-electron chi connectivity index (χ1n) is 7.64. The summed E-state index contributed by atoms with van der Waals surface area (Å²) in [5.74, 6) is 0.0937. The van der Waals surface area contributed by atoms with E-state index in [0.717, 1.165) is 19.3 Å². The Morgan fingerprint density at radius 1 is 1.30 bits per heavy atom. The molecule has 1 fully saturated rings. The van der Waals surface area contributed by atoms with Gasteiger partial charge in [0.25, 0.3) is 0 Å². The molecule has 0 bridgehead atoms. The van der Waals surface area contributed by atoms with Gasteiger partial charge in [0.15, 0.2) is 0 Å². The van der Waals surface area contributed by atoms with Gasteiger partial charge in [0, 0.05) is 6.04 Å². The molecule has 5 nitrogen and oxygen atoms in total. The van der Waals surface area contributed by atoms with Gasteiger partial charge in [0.2, 0.25) is 0 Å². The average molecular weight is 284 g/mol. The van der Waals surface area contributed by atoms with Gasteiger partial charge < -0.3 is 15.7 Å². The summed E-state index contributed by atoms with van der Waals surface area (Å²) in [4.78, 5) is 23.2. The highest BCUT2D eigenvalue weighted by atomic mass is 16.4. The number of carboxylic acids is 1. The van der Waals surface area contributed by atoms with Crippen LogP contribution in [0.4, 0.5) is 4.79 Å². The summed E-state index contributed by atoms with van der Waals surface area (Å²) >= 11 is 0. The van der Waals surface area contributed by atoms with Gasteiger partial charge in [-0.2, -0.15) is 0 Å². The first-order valence-corrected chi connectivity index (χ1v) is 7.64. The highest BCUT2D eigenvalue weighted by molar-refractivity contribution is 5.82. The quantitative estimate of drug-likeness (QED) is 0.726. The zero-order valence-corrected chi connectivity index (χ0v) is 13.0. The second-order valence-electron chi connectivity index (χ2n) is 6.32. The van der Waals surface area contributed by atoms with Crippen molar-refractivity contribution in [3.05, 3.63) is 0 Å². The minimum absolute atomic E-state index is 0.0814. The van der Waals surface area contributed by atoms with Crippen LogP contribution in [0.1, 0.15) is 53.4 Å². The number of amides is 2. The lowest BCUT2D eigenvalue weighted by Gasteiger charge is -2.33. The molecule has 0 saturated heterocycles. The number of hydrogen-bond donors (Lipinski definition) is 3. The summed E-state index contributed by atoms with van der Waals surface area (Å²) in [5, 5.41) is 14.7. The Bertz CT molecular complexity index is 346. The number of nitrogens with one attached hydrogen (secondary N) is 2. The van der Waals surface area contributed by atoms with Gasteiger partial charge in [-0.05, 0) is 37.0 Å². The van der Waals surface area contributed by atoms with E-state index in [0.29, 0.717) is 18.3 Å². The molecule has 0 aliphatic heterocycles. The summed E-state index contributed by atoms with van der Waals surface area (Å²) in [7, 11) is 0. The van der Waals surface area contributed by atoms with Crippen LogP contribution in [-0.2, 0) is 4.79 Å². The average Bonchev–Trinajstić information content (AvgIpc) is 2.38. The van der Waals surface area contributed by atoms with Crippen LogP contribution in [0.15, 0.2) is 0 Å². The largest absolute Gasteiger partial charge is 0.480 e. The van der Waals surface area contributed by atoms with Gasteiger partial charge in [-0.25, -0.2) is 9.59 Å². The molecule has 2 amide bonds. The third-order valence-electron chi connectivity index (χ3n) is 4.51. The smallest absolute Gasteiger partial charge is 0.326 e. The number of hydrogen-bond acceptors (Lipinski definition) is 2. The number of urea groups is 1. The molecule has 1 aliphatic carbocycles. The second kappa shape index (κ2) is 7.50. The number of rotatable bonds is 5. The van der Waals surface area contributed by atoms with Crippen LogP contribution in [0.3, 0.4) is 0 Å². The number of carbonyl (C=O) groups is 2. The summed E-state index contributed by atoms with van der Waals surface area (Å²) in [6.45, 7) is 8.13. The molecule has 0 aromatic carbocycles. The molecule has 0 spiro atoms. The molecular weight excluding hydrogens is 256 g/mol. The van der Waals surface area contributed by atoms with Gasteiger partial charge in [-0.15, -0.1) is 0 Å². The van der Waals surface area contributed by atoms with E-state index in [-0.39, 0.29) is 18.0 Å². The molecule has 0 heterocycles. The Morgan fingerprint density at radius 3 is 2.45 bits per heavy atom. The predicted octanol–water partition coefficient (Wildman–Crippen LogP) is 2.61. The van der Waals surface area contributed by atoms with E-state index in [9.17, 15) is 14.7 Å². The number of carbonyl (C=O) groups excluding carboxylic acids is 1. The van der Waals surface area contributed by atoms with Gasteiger partial charge in [0.05, 0.1) is 0 Å². The fourth-order valence-corrected chi connectivity index (χ4v) is 2.91. The fourth-order valence-electron chi connectivity index (χ4n) is 2.91. The monoisotopic (exact) mass is 284 g/mol. The van der Waals surface area contributed by atoms with Crippen molar-refractivity contribution in [2.75, 3.05) is 0 Å². The van der Waals surface area contributed by atoms with E-state index < -0.39 is 12.0 Å². The van der Waals surface area contributed by atoms with Crippen molar-refractivity contribution in [1.82, 2.24) is 10.6 Å². The van der Waals surface area contributed by atoms with E-state index in [4.69, 9.17) is 0 Å². The van der Waals surface area contributed by atoms with Crippen molar-refractivity contribution in [2.24, 2.45) is 17.8 Å². The fraction of sp³-hybridized carbons (Fsp3) is 0.867. The molecule has 5 unspecified atom stereocenters. The topological polar surface area (TPSA) is 78.4 Å². The molecule has 3 N–H and O–H groups in total. The van der Waals surface area contributed by atoms with E-state index in [1.165, 1.54) is 0 Å². The molecule has 0 radical (unpaired) electrons. The summed E-state index contributed by atoms with van der Waals surface area (Å²) in [6.07, 6.45) is 3.91. The Morgan fingerprint density at radius 2 is 1.95 bits per heavy atom. The molecule has 0 aromatic rings. The maximum Gasteiger partial charge on any atom is 0.326 e. The molecule has 0 aromatic heterocycles. The molecule has 1 saturated carbocycles. The van der Waals surface area contributed by atoms with Gasteiger partial charge in [0.1, 0.15) is 6.04 Å². The SMILES string of the molecule is CCC(C)C(NC(=O)NC1CCC(C)CC1C)C(=O)O. The highest BCUT2D eigenvalue weighted by Gasteiger charge is 2.29. The summed E-state index contributed by atoms with van der Waals surface area (Å²) in [5.41, 5.74) is 0. The van der Waals surface area contributed by atoms with Crippen molar-refractivity contribution in [1.29, 1.82) is 0 Å². The van der Waals surface area contributed by atoms with Crippen LogP contribution in [0.25, 0.3) is 0 Å². The van der Waals surface area contributed by atoms with Crippen LogP contribution >= 0.6 is 0 Å². The highest BCUT2D eigenvalue weighted by Crippen LogP contribution is 2.28. The number of aliphatic carboxylic acids is 1. The lowest BCUT2D eigenvalue weighted by Crippen LogP contribution is -2.53. The second-order valence-corrected chi connectivity index (χ2v) is 6.32. The first kappa shape index (κ1) is 16.8. The maximum atomic E-state index is 12.0. The summed E-state index contributed by atoms with van der Waals surface area (Å²) < 4.78 is 0. The minimum Gasteiger partial charge on any atom is -0.480 e.